The second kappa shape index (κ2) is 4.66. The zero-order valence-electron chi connectivity index (χ0n) is 9.18. The number of hydrogen-bond acceptors (Lipinski definition) is 3. The Morgan fingerprint density at radius 1 is 1.06 bits per heavy atom. The van der Waals surface area contributed by atoms with E-state index in [1.54, 1.807) is 18.3 Å². The van der Waals surface area contributed by atoms with Crippen molar-refractivity contribution in [3.05, 3.63) is 48.2 Å². The first kappa shape index (κ1) is 10.5. The second-order valence-electron chi connectivity index (χ2n) is 3.52. The maximum absolute atomic E-state index is 5.61. The first-order valence-electron chi connectivity index (χ1n) is 5.26. The summed E-state index contributed by atoms with van der Waals surface area (Å²) in [7, 11) is 0. The Hall–Kier alpha value is -2.03. The van der Waals surface area contributed by atoms with Gasteiger partial charge in [-0.05, 0) is 36.2 Å². The first-order chi connectivity index (χ1) is 7.78. The van der Waals surface area contributed by atoms with Crippen LogP contribution in [0.5, 0.6) is 11.5 Å². The predicted molar refractivity (Wildman–Crippen MR) is 64.5 cm³/mol. The molecule has 2 aromatic rings. The normalized spacial score (nSPS) is 10.1. The minimum absolute atomic E-state index is 0.494. The van der Waals surface area contributed by atoms with E-state index in [-0.39, 0.29) is 0 Å². The van der Waals surface area contributed by atoms with Crippen LogP contribution in [-0.2, 0) is 6.42 Å². The Morgan fingerprint density at radius 2 is 1.75 bits per heavy atom. The fourth-order valence-electron chi connectivity index (χ4n) is 1.38. The summed E-state index contributed by atoms with van der Waals surface area (Å²) in [4.78, 5) is 3.96. The van der Waals surface area contributed by atoms with Gasteiger partial charge in [0, 0.05) is 0 Å². The van der Waals surface area contributed by atoms with E-state index in [0.717, 1.165) is 12.2 Å². The van der Waals surface area contributed by atoms with E-state index in [1.165, 1.54) is 5.56 Å². The fourth-order valence-corrected chi connectivity index (χ4v) is 1.38. The Balaban J connectivity index is 2.11. The van der Waals surface area contributed by atoms with Crippen LogP contribution in [0.15, 0.2) is 42.6 Å². The van der Waals surface area contributed by atoms with Crippen molar-refractivity contribution in [3.8, 4) is 11.5 Å². The van der Waals surface area contributed by atoms with E-state index in [9.17, 15) is 0 Å². The Morgan fingerprint density at radius 3 is 2.31 bits per heavy atom. The summed E-state index contributed by atoms with van der Waals surface area (Å²) < 4.78 is 5.61. The van der Waals surface area contributed by atoms with Crippen LogP contribution in [0.4, 0.5) is 5.82 Å². The van der Waals surface area contributed by atoms with E-state index < -0.39 is 0 Å². The molecule has 2 rings (SSSR count). The molecule has 0 aliphatic heterocycles. The molecule has 0 aliphatic rings. The number of rotatable bonds is 3. The molecule has 1 aromatic heterocycles. The Labute approximate surface area is 94.9 Å². The third-order valence-electron chi connectivity index (χ3n) is 2.33. The van der Waals surface area contributed by atoms with Gasteiger partial charge in [0.2, 0.25) is 0 Å². The number of nitrogen functional groups attached to an aromatic ring is 1. The number of pyridine rings is 1. The largest absolute Gasteiger partial charge is 0.456 e. The van der Waals surface area contributed by atoms with Crippen molar-refractivity contribution in [2.45, 2.75) is 13.3 Å². The van der Waals surface area contributed by atoms with Gasteiger partial charge in [-0.3, -0.25) is 0 Å². The van der Waals surface area contributed by atoms with Crippen LogP contribution in [-0.4, -0.2) is 4.98 Å². The predicted octanol–water partition coefficient (Wildman–Crippen LogP) is 3.02. The van der Waals surface area contributed by atoms with Crippen LogP contribution in [0.3, 0.4) is 0 Å². The number of benzene rings is 1. The highest BCUT2D eigenvalue weighted by atomic mass is 16.5. The quantitative estimate of drug-likeness (QED) is 0.854. The zero-order chi connectivity index (χ0) is 11.4. The molecule has 1 aromatic carbocycles. The minimum Gasteiger partial charge on any atom is -0.456 e. The lowest BCUT2D eigenvalue weighted by molar-refractivity contribution is 0.480. The van der Waals surface area contributed by atoms with E-state index in [0.29, 0.717) is 11.6 Å². The van der Waals surface area contributed by atoms with Gasteiger partial charge in [-0.25, -0.2) is 4.98 Å². The molecule has 2 N–H and O–H groups in total. The standard InChI is InChI=1S/C13H14N2O/c1-2-10-3-5-11(6-4-10)16-12-7-8-13(14)15-9-12/h3-9H,2H2,1H3,(H2,14,15). The van der Waals surface area contributed by atoms with Crippen LogP contribution in [0.1, 0.15) is 12.5 Å². The SMILES string of the molecule is CCc1ccc(Oc2ccc(N)nc2)cc1. The van der Waals surface area contributed by atoms with Crippen molar-refractivity contribution < 1.29 is 4.74 Å². The fraction of sp³-hybridized carbons (Fsp3) is 0.154. The molecule has 0 radical (unpaired) electrons. The summed E-state index contributed by atoms with van der Waals surface area (Å²) in [5.41, 5.74) is 6.79. The number of hydrogen-bond donors (Lipinski definition) is 1. The van der Waals surface area contributed by atoms with Crippen LogP contribution in [0.25, 0.3) is 0 Å². The van der Waals surface area contributed by atoms with Gasteiger partial charge in [0.1, 0.15) is 17.3 Å². The average Bonchev–Trinajstić information content (AvgIpc) is 2.33. The van der Waals surface area contributed by atoms with Gasteiger partial charge in [-0.15, -0.1) is 0 Å². The summed E-state index contributed by atoms with van der Waals surface area (Å²) in [5, 5.41) is 0. The topological polar surface area (TPSA) is 48.1 Å². The van der Waals surface area contributed by atoms with Gasteiger partial charge in [-0.1, -0.05) is 19.1 Å². The number of anilines is 1. The molecule has 0 spiro atoms. The summed E-state index contributed by atoms with van der Waals surface area (Å²) in [5.74, 6) is 2.00. The highest BCUT2D eigenvalue weighted by molar-refractivity contribution is 5.36. The number of nitrogens with zero attached hydrogens (tertiary/aromatic N) is 1. The van der Waals surface area contributed by atoms with Gasteiger partial charge in [-0.2, -0.15) is 0 Å². The zero-order valence-corrected chi connectivity index (χ0v) is 9.18. The number of aromatic nitrogens is 1. The van der Waals surface area contributed by atoms with Crippen molar-refractivity contribution in [2.24, 2.45) is 0 Å². The van der Waals surface area contributed by atoms with Crippen molar-refractivity contribution in [1.82, 2.24) is 4.98 Å². The number of ether oxygens (including phenoxy) is 1. The molecule has 16 heavy (non-hydrogen) atoms. The molecule has 0 amide bonds. The summed E-state index contributed by atoms with van der Waals surface area (Å²) >= 11 is 0. The van der Waals surface area contributed by atoms with E-state index in [4.69, 9.17) is 10.5 Å². The molecular formula is C13H14N2O. The molecule has 0 unspecified atom stereocenters. The van der Waals surface area contributed by atoms with Gasteiger partial charge < -0.3 is 10.5 Å². The Bertz CT molecular complexity index is 448. The van der Waals surface area contributed by atoms with Crippen molar-refractivity contribution in [1.29, 1.82) is 0 Å². The lowest BCUT2D eigenvalue weighted by atomic mass is 10.2. The average molecular weight is 214 g/mol. The summed E-state index contributed by atoms with van der Waals surface area (Å²) in [6.45, 7) is 2.12. The van der Waals surface area contributed by atoms with Crippen LogP contribution < -0.4 is 10.5 Å². The molecule has 0 atom stereocenters. The van der Waals surface area contributed by atoms with Gasteiger partial charge in [0.25, 0.3) is 0 Å². The van der Waals surface area contributed by atoms with Crippen LogP contribution in [0.2, 0.25) is 0 Å². The molecule has 3 nitrogen and oxygen atoms in total. The second-order valence-corrected chi connectivity index (χ2v) is 3.52. The molecule has 0 saturated carbocycles. The molecule has 0 aliphatic carbocycles. The van der Waals surface area contributed by atoms with E-state index in [2.05, 4.69) is 24.0 Å². The van der Waals surface area contributed by atoms with Crippen molar-refractivity contribution in [3.63, 3.8) is 0 Å². The highest BCUT2D eigenvalue weighted by Gasteiger charge is 1.97. The third-order valence-corrected chi connectivity index (χ3v) is 2.33. The van der Waals surface area contributed by atoms with Gasteiger partial charge >= 0.3 is 0 Å². The minimum atomic E-state index is 0.494. The molecule has 0 bridgehead atoms. The van der Waals surface area contributed by atoms with Crippen molar-refractivity contribution >= 4 is 5.82 Å². The molecule has 1 heterocycles. The molecule has 3 heteroatoms. The molecule has 0 fully saturated rings. The summed E-state index contributed by atoms with van der Waals surface area (Å²) in [6, 6.07) is 11.5. The van der Waals surface area contributed by atoms with Crippen molar-refractivity contribution in [2.75, 3.05) is 5.73 Å². The lowest BCUT2D eigenvalue weighted by Crippen LogP contribution is -1.90. The van der Waals surface area contributed by atoms with E-state index >= 15 is 0 Å². The Kier molecular flexibility index (Phi) is 3.05. The number of aryl methyl sites for hydroxylation is 1. The summed E-state index contributed by atoms with van der Waals surface area (Å²) in [6.07, 6.45) is 2.65. The smallest absolute Gasteiger partial charge is 0.145 e. The maximum Gasteiger partial charge on any atom is 0.145 e. The lowest BCUT2D eigenvalue weighted by Gasteiger charge is -2.05. The number of nitrogens with two attached hydrogens (primary N) is 1. The van der Waals surface area contributed by atoms with Gasteiger partial charge in [0.15, 0.2) is 0 Å². The van der Waals surface area contributed by atoms with Gasteiger partial charge in [0.05, 0.1) is 6.20 Å². The molecule has 0 saturated heterocycles. The monoisotopic (exact) mass is 214 g/mol. The van der Waals surface area contributed by atoms with Crippen LogP contribution in [0, 0.1) is 0 Å². The van der Waals surface area contributed by atoms with Crippen LogP contribution >= 0.6 is 0 Å². The first-order valence-corrected chi connectivity index (χ1v) is 5.26. The molecular weight excluding hydrogens is 200 g/mol. The van der Waals surface area contributed by atoms with E-state index in [1.807, 2.05) is 12.1 Å². The maximum atomic E-state index is 5.61. The molecule has 82 valence electrons. The highest BCUT2D eigenvalue weighted by Crippen LogP contribution is 2.21. The third kappa shape index (κ3) is 2.51.